The van der Waals surface area contributed by atoms with Crippen molar-refractivity contribution in [2.24, 2.45) is 7.05 Å². The highest BCUT2D eigenvalue weighted by molar-refractivity contribution is 6.10. The average molecular weight is 445 g/mol. The number of aromatic nitrogens is 1. The third kappa shape index (κ3) is 4.14. The van der Waals surface area contributed by atoms with E-state index in [-0.39, 0.29) is 11.7 Å². The normalized spacial score (nSPS) is 11.4. The van der Waals surface area contributed by atoms with Crippen LogP contribution in [-0.4, -0.2) is 16.3 Å². The Morgan fingerprint density at radius 3 is 2.38 bits per heavy atom. The molecule has 166 valence electrons. The van der Waals surface area contributed by atoms with Crippen LogP contribution in [0.1, 0.15) is 31.8 Å². The molecule has 5 rings (SSSR count). The van der Waals surface area contributed by atoms with Crippen molar-refractivity contribution in [2.45, 2.75) is 6.92 Å². The fourth-order valence-electron chi connectivity index (χ4n) is 4.30. The van der Waals surface area contributed by atoms with Crippen molar-refractivity contribution in [1.82, 2.24) is 4.57 Å². The summed E-state index contributed by atoms with van der Waals surface area (Å²) in [6.45, 7) is 1.94. The third-order valence-corrected chi connectivity index (χ3v) is 6.05. The lowest BCUT2D eigenvalue weighted by atomic mass is 10.1. The minimum Gasteiger partial charge on any atom is -0.344 e. The van der Waals surface area contributed by atoms with Gasteiger partial charge in [0, 0.05) is 45.7 Å². The van der Waals surface area contributed by atoms with Crippen LogP contribution in [-0.2, 0) is 7.05 Å². The van der Waals surface area contributed by atoms with E-state index >= 15 is 0 Å². The molecular weight excluding hydrogens is 420 g/mol. The van der Waals surface area contributed by atoms with Crippen molar-refractivity contribution >= 4 is 45.3 Å². The number of fused-ring (bicyclic) bond motifs is 3. The van der Waals surface area contributed by atoms with Crippen molar-refractivity contribution in [3.8, 4) is 0 Å². The zero-order valence-corrected chi connectivity index (χ0v) is 19.1. The molecule has 0 radical (unpaired) electrons. The van der Waals surface area contributed by atoms with Crippen LogP contribution >= 0.6 is 0 Å². The molecule has 1 amide bonds. The number of nitrogens with zero attached hydrogens (tertiary/aromatic N) is 1. The van der Waals surface area contributed by atoms with Crippen molar-refractivity contribution in [2.75, 3.05) is 5.32 Å². The second kappa shape index (κ2) is 8.83. The largest absolute Gasteiger partial charge is 0.344 e. The van der Waals surface area contributed by atoms with Gasteiger partial charge in [-0.25, -0.2) is 0 Å². The highest BCUT2D eigenvalue weighted by Gasteiger charge is 2.10. The zero-order valence-electron chi connectivity index (χ0n) is 19.1. The number of para-hydroxylation sites is 1. The second-order valence-electron chi connectivity index (χ2n) is 8.45. The molecule has 4 nitrogen and oxygen atoms in total. The molecule has 0 unspecified atom stereocenters. The molecule has 4 heteroatoms. The monoisotopic (exact) mass is 444 g/mol. The summed E-state index contributed by atoms with van der Waals surface area (Å²) in [5.41, 5.74) is 6.00. The molecule has 34 heavy (non-hydrogen) atoms. The smallest absolute Gasteiger partial charge is 0.255 e. The summed E-state index contributed by atoms with van der Waals surface area (Å²) in [6.07, 6.45) is 3.41. The highest BCUT2D eigenvalue weighted by atomic mass is 16.1. The van der Waals surface area contributed by atoms with E-state index in [1.54, 1.807) is 36.4 Å². The summed E-state index contributed by atoms with van der Waals surface area (Å²) in [5.74, 6) is -0.322. The van der Waals surface area contributed by atoms with Gasteiger partial charge in [0.15, 0.2) is 5.78 Å². The molecule has 0 bridgehead atoms. The number of anilines is 1. The van der Waals surface area contributed by atoms with Gasteiger partial charge in [-0.1, -0.05) is 60.2 Å². The van der Waals surface area contributed by atoms with Gasteiger partial charge in [-0.2, -0.15) is 0 Å². The van der Waals surface area contributed by atoms with Crippen LogP contribution < -0.4 is 5.32 Å². The van der Waals surface area contributed by atoms with E-state index in [1.165, 1.54) is 10.9 Å². The molecule has 1 N–H and O–H groups in total. The molecule has 0 aliphatic heterocycles. The molecule has 0 spiro atoms. The quantitative estimate of drug-likeness (QED) is 0.240. The van der Waals surface area contributed by atoms with Crippen LogP contribution in [0.3, 0.4) is 0 Å². The van der Waals surface area contributed by atoms with Crippen LogP contribution in [0.2, 0.25) is 0 Å². The lowest BCUT2D eigenvalue weighted by Crippen LogP contribution is -2.12. The van der Waals surface area contributed by atoms with Gasteiger partial charge in [0.1, 0.15) is 0 Å². The van der Waals surface area contributed by atoms with Crippen LogP contribution in [0, 0.1) is 6.92 Å². The van der Waals surface area contributed by atoms with Crippen molar-refractivity contribution in [1.29, 1.82) is 0 Å². The van der Waals surface area contributed by atoms with Gasteiger partial charge < -0.3 is 9.88 Å². The first-order valence-corrected chi connectivity index (χ1v) is 11.2. The molecular formula is C30H24N2O2. The number of carbonyl (C=O) groups excluding carboxylic acids is 2. The summed E-state index contributed by atoms with van der Waals surface area (Å²) < 4.78 is 2.18. The van der Waals surface area contributed by atoms with Gasteiger partial charge in [0.25, 0.3) is 5.91 Å². The lowest BCUT2D eigenvalue weighted by molar-refractivity contribution is 0.102. The van der Waals surface area contributed by atoms with Gasteiger partial charge in [-0.3, -0.25) is 9.59 Å². The van der Waals surface area contributed by atoms with E-state index in [0.717, 1.165) is 22.0 Å². The molecule has 5 aromatic rings. The number of nitrogens with one attached hydrogen (secondary N) is 1. The Morgan fingerprint density at radius 2 is 1.53 bits per heavy atom. The predicted octanol–water partition coefficient (Wildman–Crippen LogP) is 6.79. The number of aryl methyl sites for hydroxylation is 2. The number of rotatable bonds is 5. The average Bonchev–Trinajstić information content (AvgIpc) is 3.14. The van der Waals surface area contributed by atoms with Gasteiger partial charge in [0.05, 0.1) is 0 Å². The van der Waals surface area contributed by atoms with E-state index in [1.807, 2.05) is 49.4 Å². The molecule has 4 aromatic carbocycles. The fourth-order valence-corrected chi connectivity index (χ4v) is 4.30. The number of hydrogen-bond donors (Lipinski definition) is 1. The number of amides is 1. The number of hydrogen-bond acceptors (Lipinski definition) is 2. The first-order chi connectivity index (χ1) is 16.5. The maximum Gasteiger partial charge on any atom is 0.255 e. The van der Waals surface area contributed by atoms with Crippen LogP contribution in [0.5, 0.6) is 0 Å². The molecule has 0 aliphatic carbocycles. The first kappa shape index (κ1) is 21.4. The molecule has 0 fully saturated rings. The van der Waals surface area contributed by atoms with Gasteiger partial charge in [-0.15, -0.1) is 0 Å². The summed E-state index contributed by atoms with van der Waals surface area (Å²) in [6, 6.07) is 28.9. The molecule has 0 aliphatic rings. The van der Waals surface area contributed by atoms with E-state index in [4.69, 9.17) is 0 Å². The van der Waals surface area contributed by atoms with Crippen LogP contribution in [0.15, 0.2) is 97.1 Å². The number of carbonyl (C=O) groups is 2. The fraction of sp³-hybridized carbons (Fsp3) is 0.0667. The summed E-state index contributed by atoms with van der Waals surface area (Å²) >= 11 is 0. The SMILES string of the molecule is Cc1cccc(C(=O)Nc2cccc(C(=O)/C=C/c3ccc4c(c3)c3ccccc3n4C)c2)c1. The lowest BCUT2D eigenvalue weighted by Gasteiger charge is -2.07. The molecule has 0 saturated carbocycles. The Balaban J connectivity index is 1.36. The standard InChI is InChI=1S/C30H24N2O2/c1-20-7-5-9-23(17-20)30(34)31-24-10-6-8-22(19-24)29(33)16-14-21-13-15-28-26(18-21)25-11-3-4-12-27(25)32(28)2/h3-19H,1-2H3,(H,31,34)/b16-14+. The van der Waals surface area contributed by atoms with Crippen LogP contribution in [0.25, 0.3) is 27.9 Å². The third-order valence-electron chi connectivity index (χ3n) is 6.05. The Bertz CT molecular complexity index is 1590. The summed E-state index contributed by atoms with van der Waals surface area (Å²) in [4.78, 5) is 25.4. The maximum absolute atomic E-state index is 12.8. The Kier molecular flexibility index (Phi) is 5.56. The van der Waals surface area contributed by atoms with Crippen LogP contribution in [0.4, 0.5) is 5.69 Å². The number of benzene rings is 4. The molecule has 1 heterocycles. The number of allylic oxidation sites excluding steroid dienone is 1. The number of ketones is 1. The summed E-state index contributed by atoms with van der Waals surface area (Å²) in [5, 5.41) is 5.23. The minimum atomic E-state index is -0.202. The maximum atomic E-state index is 12.8. The van der Waals surface area contributed by atoms with E-state index in [0.29, 0.717) is 16.8 Å². The second-order valence-corrected chi connectivity index (χ2v) is 8.45. The minimum absolute atomic E-state index is 0.121. The first-order valence-electron chi connectivity index (χ1n) is 11.2. The van der Waals surface area contributed by atoms with E-state index in [9.17, 15) is 9.59 Å². The molecule has 0 saturated heterocycles. The topological polar surface area (TPSA) is 51.1 Å². The highest BCUT2D eigenvalue weighted by Crippen LogP contribution is 2.29. The van der Waals surface area contributed by atoms with Gasteiger partial charge >= 0.3 is 0 Å². The predicted molar refractivity (Wildman–Crippen MR) is 139 cm³/mol. The molecule has 1 aromatic heterocycles. The van der Waals surface area contributed by atoms with Crippen molar-refractivity contribution < 1.29 is 9.59 Å². The van der Waals surface area contributed by atoms with E-state index < -0.39 is 0 Å². The van der Waals surface area contributed by atoms with Gasteiger partial charge in [-0.05, 0) is 61.0 Å². The van der Waals surface area contributed by atoms with Crippen molar-refractivity contribution in [3.63, 3.8) is 0 Å². The summed E-state index contributed by atoms with van der Waals surface area (Å²) in [7, 11) is 2.06. The van der Waals surface area contributed by atoms with Crippen molar-refractivity contribution in [3.05, 3.63) is 119 Å². The molecule has 0 atom stereocenters. The zero-order chi connectivity index (χ0) is 23.7. The Hall–Kier alpha value is -4.44. The van der Waals surface area contributed by atoms with Gasteiger partial charge in [0.2, 0.25) is 0 Å². The Morgan fingerprint density at radius 1 is 0.765 bits per heavy atom. The Labute approximate surface area is 198 Å². The van der Waals surface area contributed by atoms with E-state index in [2.05, 4.69) is 41.2 Å².